The Balaban J connectivity index is 1.65. The van der Waals surface area contributed by atoms with Crippen LogP contribution in [0.25, 0.3) is 0 Å². The summed E-state index contributed by atoms with van der Waals surface area (Å²) in [4.78, 5) is 17.1. The second-order valence-corrected chi connectivity index (χ2v) is 5.87. The molecule has 1 aromatic carbocycles. The highest BCUT2D eigenvalue weighted by Gasteiger charge is 2.39. The summed E-state index contributed by atoms with van der Waals surface area (Å²) < 4.78 is 82.3. The van der Waals surface area contributed by atoms with Crippen LogP contribution in [0.15, 0.2) is 42.6 Å². The van der Waals surface area contributed by atoms with E-state index in [4.69, 9.17) is 4.74 Å². The smallest absolute Gasteiger partial charge is 0.417 e. The Bertz CT molecular complexity index is 844. The molecule has 1 amide bonds. The molecule has 0 atom stereocenters. The zero-order valence-corrected chi connectivity index (χ0v) is 13.5. The highest BCUT2D eigenvalue weighted by molar-refractivity contribution is 5.96. The maximum absolute atomic E-state index is 13.0. The molecule has 144 valence electrons. The molecule has 1 aliphatic rings. The fourth-order valence-electron chi connectivity index (χ4n) is 2.59. The number of hydrogen-bond donors (Lipinski definition) is 0. The van der Waals surface area contributed by atoms with Crippen LogP contribution >= 0.6 is 0 Å². The van der Waals surface area contributed by atoms with Gasteiger partial charge in [-0.1, -0.05) is 12.1 Å². The Labute approximate surface area is 149 Å². The molecule has 0 bridgehead atoms. The first-order valence-electron chi connectivity index (χ1n) is 7.71. The molecule has 3 rings (SSSR count). The second kappa shape index (κ2) is 6.75. The number of aromatic nitrogens is 1. The van der Waals surface area contributed by atoms with Crippen molar-refractivity contribution in [2.45, 2.75) is 18.5 Å². The predicted octanol–water partition coefficient (Wildman–Crippen LogP) is 4.02. The lowest BCUT2D eigenvalue weighted by molar-refractivity contribution is -0.138. The molecule has 2 aromatic rings. The van der Waals surface area contributed by atoms with Crippen LogP contribution in [0.5, 0.6) is 5.88 Å². The number of ether oxygens (including phenoxy) is 1. The molecule has 1 aliphatic heterocycles. The van der Waals surface area contributed by atoms with E-state index in [2.05, 4.69) is 4.98 Å². The van der Waals surface area contributed by atoms with Crippen molar-refractivity contribution in [1.82, 2.24) is 9.88 Å². The summed E-state index contributed by atoms with van der Waals surface area (Å²) in [6.07, 6.45) is -8.93. The van der Waals surface area contributed by atoms with Crippen LogP contribution in [0.4, 0.5) is 26.3 Å². The summed E-state index contributed by atoms with van der Waals surface area (Å²) in [5.74, 6) is -1.09. The van der Waals surface area contributed by atoms with Crippen molar-refractivity contribution >= 4 is 5.91 Å². The van der Waals surface area contributed by atoms with Gasteiger partial charge in [-0.2, -0.15) is 26.3 Å². The van der Waals surface area contributed by atoms with Crippen LogP contribution < -0.4 is 4.74 Å². The summed E-state index contributed by atoms with van der Waals surface area (Å²) in [5, 5.41) is 0. The van der Waals surface area contributed by atoms with Gasteiger partial charge in [0.25, 0.3) is 5.91 Å². The highest BCUT2D eigenvalue weighted by Crippen LogP contribution is 2.34. The van der Waals surface area contributed by atoms with Gasteiger partial charge in [-0.25, -0.2) is 4.98 Å². The number of likely N-dealkylation sites (tertiary alicyclic amines) is 1. The van der Waals surface area contributed by atoms with Crippen LogP contribution in [0, 0.1) is 0 Å². The molecule has 27 heavy (non-hydrogen) atoms. The van der Waals surface area contributed by atoms with Crippen molar-refractivity contribution in [2.75, 3.05) is 13.1 Å². The highest BCUT2D eigenvalue weighted by atomic mass is 19.4. The van der Waals surface area contributed by atoms with Gasteiger partial charge in [-0.15, -0.1) is 0 Å². The van der Waals surface area contributed by atoms with Crippen LogP contribution in [-0.4, -0.2) is 35.0 Å². The van der Waals surface area contributed by atoms with Crippen LogP contribution in [0.3, 0.4) is 0 Å². The third kappa shape index (κ3) is 4.15. The summed E-state index contributed by atoms with van der Waals surface area (Å²) in [6.45, 7) is -0.105. The summed E-state index contributed by atoms with van der Waals surface area (Å²) in [7, 11) is 0. The van der Waals surface area contributed by atoms with E-state index in [1.807, 2.05) is 0 Å². The van der Waals surface area contributed by atoms with Gasteiger partial charge in [0, 0.05) is 12.3 Å². The number of halogens is 6. The van der Waals surface area contributed by atoms with Gasteiger partial charge in [0.05, 0.1) is 29.8 Å². The number of alkyl halides is 6. The lowest BCUT2D eigenvalue weighted by atomic mass is 10.0. The van der Waals surface area contributed by atoms with Gasteiger partial charge in [-0.05, 0) is 18.2 Å². The Morgan fingerprint density at radius 2 is 1.70 bits per heavy atom. The summed E-state index contributed by atoms with van der Waals surface area (Å²) in [5.41, 5.74) is -2.46. The molecule has 0 saturated carbocycles. The van der Waals surface area contributed by atoms with Crippen molar-refractivity contribution in [3.8, 4) is 5.88 Å². The topological polar surface area (TPSA) is 42.4 Å². The fourth-order valence-corrected chi connectivity index (χ4v) is 2.59. The lowest BCUT2D eigenvalue weighted by Crippen LogP contribution is -2.56. The normalized spacial score (nSPS) is 15.4. The van der Waals surface area contributed by atoms with Crippen LogP contribution in [0.2, 0.25) is 0 Å². The maximum Gasteiger partial charge on any atom is 0.417 e. The molecule has 0 spiro atoms. The lowest BCUT2D eigenvalue weighted by Gasteiger charge is -2.39. The number of nitrogens with zero attached hydrogens (tertiary/aromatic N) is 2. The van der Waals surface area contributed by atoms with Gasteiger partial charge >= 0.3 is 12.4 Å². The average molecular weight is 390 g/mol. The molecular weight excluding hydrogens is 378 g/mol. The summed E-state index contributed by atoms with van der Waals surface area (Å²) >= 11 is 0. The zero-order valence-electron chi connectivity index (χ0n) is 13.5. The van der Waals surface area contributed by atoms with E-state index >= 15 is 0 Å². The number of carbonyl (C=O) groups is 1. The quantitative estimate of drug-likeness (QED) is 0.744. The second-order valence-electron chi connectivity index (χ2n) is 5.87. The standard InChI is InChI=1S/C17H12F6N2O2/c18-16(19,20)10-5-6-24-14(7-10)27-11-8-25(9-11)15(26)12-3-1-2-4-13(12)17(21,22)23/h1-7,11H,8-9H2. The number of pyridine rings is 1. The van der Waals surface area contributed by atoms with Crippen molar-refractivity contribution in [3.63, 3.8) is 0 Å². The van der Waals surface area contributed by atoms with Crippen LogP contribution in [0.1, 0.15) is 21.5 Å². The number of carbonyl (C=O) groups excluding carboxylic acids is 1. The molecule has 1 aromatic heterocycles. The third-order valence-electron chi connectivity index (χ3n) is 3.95. The monoisotopic (exact) mass is 390 g/mol. The van der Waals surface area contributed by atoms with Gasteiger partial charge in [-0.3, -0.25) is 4.79 Å². The van der Waals surface area contributed by atoms with E-state index in [0.29, 0.717) is 0 Å². The van der Waals surface area contributed by atoms with E-state index < -0.39 is 41.1 Å². The number of benzene rings is 1. The van der Waals surface area contributed by atoms with Crippen molar-refractivity contribution in [2.24, 2.45) is 0 Å². The minimum atomic E-state index is -4.67. The van der Waals surface area contributed by atoms with E-state index in [9.17, 15) is 31.1 Å². The van der Waals surface area contributed by atoms with E-state index in [0.717, 1.165) is 35.4 Å². The molecule has 0 N–H and O–H groups in total. The van der Waals surface area contributed by atoms with Crippen LogP contribution in [-0.2, 0) is 12.4 Å². The Hall–Kier alpha value is -2.78. The van der Waals surface area contributed by atoms with E-state index in [1.165, 1.54) is 12.1 Å². The van der Waals surface area contributed by atoms with Crippen molar-refractivity contribution in [3.05, 3.63) is 59.3 Å². The number of rotatable bonds is 3. The average Bonchev–Trinajstić information content (AvgIpc) is 2.56. The third-order valence-corrected chi connectivity index (χ3v) is 3.95. The Morgan fingerprint density at radius 1 is 1.04 bits per heavy atom. The Morgan fingerprint density at radius 3 is 2.33 bits per heavy atom. The van der Waals surface area contributed by atoms with Gasteiger partial charge in [0.15, 0.2) is 0 Å². The molecule has 0 unspecified atom stereocenters. The molecule has 0 aliphatic carbocycles. The predicted molar refractivity (Wildman–Crippen MR) is 81.0 cm³/mol. The molecule has 1 fully saturated rings. The van der Waals surface area contributed by atoms with Gasteiger partial charge < -0.3 is 9.64 Å². The first kappa shape index (κ1) is 19.0. The molecule has 1 saturated heterocycles. The minimum absolute atomic E-state index is 0.0526. The Kier molecular flexibility index (Phi) is 4.75. The molecule has 4 nitrogen and oxygen atoms in total. The largest absolute Gasteiger partial charge is 0.471 e. The first-order chi connectivity index (χ1) is 12.6. The van der Waals surface area contributed by atoms with Crippen molar-refractivity contribution < 1.29 is 35.9 Å². The SMILES string of the molecule is O=C(c1ccccc1C(F)(F)F)N1CC(Oc2cc(C(F)(F)F)ccn2)C1. The number of hydrogen-bond acceptors (Lipinski definition) is 3. The number of amides is 1. The van der Waals surface area contributed by atoms with Crippen molar-refractivity contribution in [1.29, 1.82) is 0 Å². The molecule has 10 heteroatoms. The molecule has 2 heterocycles. The summed E-state index contributed by atoms with van der Waals surface area (Å²) in [6, 6.07) is 5.91. The molecular formula is C17H12F6N2O2. The zero-order chi connectivity index (χ0) is 19.8. The first-order valence-corrected chi connectivity index (χ1v) is 7.71. The van der Waals surface area contributed by atoms with E-state index in [1.54, 1.807) is 0 Å². The fraction of sp³-hybridized carbons (Fsp3) is 0.294. The minimum Gasteiger partial charge on any atom is -0.471 e. The molecule has 0 radical (unpaired) electrons. The van der Waals surface area contributed by atoms with E-state index in [-0.39, 0.29) is 19.0 Å². The maximum atomic E-state index is 13.0. The van der Waals surface area contributed by atoms with Gasteiger partial charge in [0.1, 0.15) is 6.10 Å². The van der Waals surface area contributed by atoms with Gasteiger partial charge in [0.2, 0.25) is 5.88 Å².